The van der Waals surface area contributed by atoms with Gasteiger partial charge < -0.3 is 0 Å². The molecule has 0 saturated carbocycles. The van der Waals surface area contributed by atoms with E-state index in [2.05, 4.69) is 5.92 Å². The van der Waals surface area contributed by atoms with Crippen molar-refractivity contribution < 1.29 is 0 Å². The molecule has 50 valence electrons. The van der Waals surface area contributed by atoms with Crippen molar-refractivity contribution in [3.63, 3.8) is 0 Å². The summed E-state index contributed by atoms with van der Waals surface area (Å²) in [6.45, 7) is 1.88. The van der Waals surface area contributed by atoms with Gasteiger partial charge >= 0.3 is 60.8 Å². The molecule has 0 spiro atoms. The third-order valence-corrected chi connectivity index (χ3v) is 1.52. The molecule has 1 aromatic heterocycles. The van der Waals surface area contributed by atoms with Crippen LogP contribution >= 0.6 is 0 Å². The van der Waals surface area contributed by atoms with Gasteiger partial charge in [-0.2, -0.15) is 0 Å². The van der Waals surface area contributed by atoms with Crippen molar-refractivity contribution in [3.05, 3.63) is 36.4 Å². The van der Waals surface area contributed by atoms with Crippen LogP contribution in [0.3, 0.4) is 0 Å². The van der Waals surface area contributed by atoms with Crippen LogP contribution in [-0.2, 0) is 7.05 Å². The van der Waals surface area contributed by atoms with Crippen LogP contribution in [0.2, 0.25) is 0 Å². The Labute approximate surface area is 61.7 Å². The van der Waals surface area contributed by atoms with Gasteiger partial charge in [0.1, 0.15) is 0 Å². The molecule has 0 aliphatic heterocycles. The number of hydrogen-bond donors (Lipinski definition) is 0. The number of nitrogens with zero attached hydrogens (tertiary/aromatic N) is 1. The Morgan fingerprint density at radius 2 is 2.40 bits per heavy atom. The summed E-state index contributed by atoms with van der Waals surface area (Å²) in [4.78, 5) is 0. The molecule has 1 rings (SSSR count). The topological polar surface area (TPSA) is 4.93 Å². The molecule has 0 N–H and O–H groups in total. The molecule has 1 nitrogen and oxygen atoms in total. The van der Waals surface area contributed by atoms with E-state index in [1.54, 1.807) is 0 Å². The summed E-state index contributed by atoms with van der Waals surface area (Å²) >= 11 is 0. The summed E-state index contributed by atoms with van der Waals surface area (Å²) in [5.41, 5.74) is 1.05. The van der Waals surface area contributed by atoms with Crippen molar-refractivity contribution in [1.29, 1.82) is 0 Å². The Morgan fingerprint density at radius 1 is 1.70 bits per heavy atom. The van der Waals surface area contributed by atoms with Crippen molar-refractivity contribution in [2.75, 3.05) is 0 Å². The molecule has 0 unspecified atom stereocenters. The second-order valence-corrected chi connectivity index (χ2v) is 2.25. The van der Waals surface area contributed by atoms with Crippen molar-refractivity contribution >= 4 is 0 Å². The average Bonchev–Trinajstić information content (AvgIpc) is 2.34. The summed E-state index contributed by atoms with van der Waals surface area (Å²) in [7, 11) is 1.95. The summed E-state index contributed by atoms with van der Waals surface area (Å²) in [5, 5.41) is 0. The maximum absolute atomic E-state index is 6.88. The minimum atomic E-state index is 0.868. The van der Waals surface area contributed by atoms with Crippen LogP contribution in [0.5, 0.6) is 0 Å². The maximum atomic E-state index is 6.88. The molecule has 0 radical (unpaired) electrons. The van der Waals surface area contributed by atoms with Gasteiger partial charge in [-0.1, -0.05) is 0 Å². The molecule has 0 fully saturated rings. The number of hydrogen-bond acceptors (Lipinski definition) is 0. The van der Waals surface area contributed by atoms with Gasteiger partial charge in [-0.05, 0) is 0 Å². The van der Waals surface area contributed by atoms with Gasteiger partial charge in [0.05, 0.1) is 0 Å². The van der Waals surface area contributed by atoms with Gasteiger partial charge in [0, 0.05) is 0 Å². The summed E-state index contributed by atoms with van der Waals surface area (Å²) in [6.07, 6.45) is 8.84. The van der Waals surface area contributed by atoms with Crippen molar-refractivity contribution in [1.82, 2.24) is 4.57 Å². The molecular formula is C9H9N. The number of aromatic nitrogens is 1. The van der Waals surface area contributed by atoms with E-state index in [0.717, 1.165) is 11.6 Å². The second kappa shape index (κ2) is 2.68. The van der Waals surface area contributed by atoms with Crippen LogP contribution in [0, 0.1) is 18.3 Å². The van der Waals surface area contributed by atoms with E-state index in [-0.39, 0.29) is 0 Å². The molecule has 0 bridgehead atoms. The van der Waals surface area contributed by atoms with Gasteiger partial charge in [-0.3, -0.25) is 0 Å². The van der Waals surface area contributed by atoms with Gasteiger partial charge in [-0.15, -0.1) is 0 Å². The Hall–Kier alpha value is -1.07. The van der Waals surface area contributed by atoms with Crippen LogP contribution in [0.1, 0.15) is 12.6 Å². The zero-order chi connectivity index (χ0) is 7.56. The zero-order valence-corrected chi connectivity index (χ0v) is 6.18. The van der Waals surface area contributed by atoms with Gasteiger partial charge in [0.25, 0.3) is 0 Å². The fourth-order valence-electron chi connectivity index (χ4n) is 0.915. The van der Waals surface area contributed by atoms with Crippen LogP contribution in [0.4, 0.5) is 0 Å². The van der Waals surface area contributed by atoms with Crippen LogP contribution in [-0.4, -0.2) is 4.57 Å². The van der Waals surface area contributed by atoms with Crippen molar-refractivity contribution in [2.45, 2.75) is 6.92 Å². The fourth-order valence-corrected chi connectivity index (χ4v) is 0.915. The van der Waals surface area contributed by atoms with Gasteiger partial charge in [0.15, 0.2) is 0 Å². The van der Waals surface area contributed by atoms with E-state index < -0.39 is 0 Å². The molecule has 0 amide bonds. The second-order valence-electron chi connectivity index (χ2n) is 2.25. The molecule has 0 aliphatic rings. The quantitative estimate of drug-likeness (QED) is 0.402. The van der Waals surface area contributed by atoms with E-state index in [1.807, 2.05) is 36.9 Å². The van der Waals surface area contributed by atoms with Crippen LogP contribution in [0.25, 0.3) is 0 Å². The SMILES string of the molecule is [C+]#C[C-](C)c1cccn1C. The average molecular weight is 131 g/mol. The van der Waals surface area contributed by atoms with Crippen molar-refractivity contribution in [3.8, 4) is 5.92 Å². The Morgan fingerprint density at radius 3 is 2.80 bits per heavy atom. The molecule has 0 aliphatic carbocycles. The molecule has 1 heterocycles. The first-order valence-corrected chi connectivity index (χ1v) is 3.13. The summed E-state index contributed by atoms with van der Waals surface area (Å²) in [6, 6.07) is 3.92. The number of aryl methyl sites for hydroxylation is 1. The Kier molecular flexibility index (Phi) is 1.88. The van der Waals surface area contributed by atoms with Crippen LogP contribution in [0.15, 0.2) is 18.3 Å². The standard InChI is InChI=1S/C9H9N/c1-4-8(2)9-6-5-7-10(9)3/h5-7H,2-3H3. The molecule has 1 heteroatoms. The zero-order valence-electron chi connectivity index (χ0n) is 6.18. The van der Waals surface area contributed by atoms with E-state index in [0.29, 0.717) is 0 Å². The monoisotopic (exact) mass is 131 g/mol. The first kappa shape index (κ1) is 7.04. The normalized spacial score (nSPS) is 9.20. The van der Waals surface area contributed by atoms with E-state index >= 15 is 0 Å². The third-order valence-electron chi connectivity index (χ3n) is 1.52. The molecule has 0 saturated heterocycles. The Balaban J connectivity index is 2.96. The fraction of sp³-hybridized carbons (Fsp3) is 0.222. The van der Waals surface area contributed by atoms with Crippen molar-refractivity contribution in [2.24, 2.45) is 7.05 Å². The minimum absolute atomic E-state index is 0.868. The third kappa shape index (κ3) is 1.09. The Bertz CT molecular complexity index is 252. The summed E-state index contributed by atoms with van der Waals surface area (Å²) in [5.74, 6) is 3.22. The number of rotatable bonds is 1. The first-order valence-electron chi connectivity index (χ1n) is 3.13. The van der Waals surface area contributed by atoms with Gasteiger partial charge in [0.2, 0.25) is 0 Å². The molecular weight excluding hydrogens is 122 g/mol. The molecule has 0 aromatic carbocycles. The van der Waals surface area contributed by atoms with Gasteiger partial charge in [-0.25, -0.2) is 0 Å². The van der Waals surface area contributed by atoms with E-state index in [4.69, 9.17) is 6.42 Å². The van der Waals surface area contributed by atoms with E-state index in [1.165, 1.54) is 0 Å². The molecule has 1 aromatic rings. The molecule has 10 heavy (non-hydrogen) atoms. The predicted octanol–water partition coefficient (Wildman–Crippen LogP) is 1.56. The van der Waals surface area contributed by atoms with E-state index in [9.17, 15) is 0 Å². The predicted molar refractivity (Wildman–Crippen MR) is 40.6 cm³/mol. The first-order chi connectivity index (χ1) is 4.75. The molecule has 0 atom stereocenters. The summed E-state index contributed by atoms with van der Waals surface area (Å²) < 4.78 is 1.97. The van der Waals surface area contributed by atoms with Crippen LogP contribution < -0.4 is 0 Å².